The molecule has 2 aromatic carbocycles. The number of anilines is 1. The van der Waals surface area contributed by atoms with Gasteiger partial charge in [-0.05, 0) is 50.1 Å². The molecule has 0 spiro atoms. The lowest BCUT2D eigenvalue weighted by molar-refractivity contribution is -0.122. The van der Waals surface area contributed by atoms with Crippen molar-refractivity contribution in [3.05, 3.63) is 59.1 Å². The first-order valence-electron chi connectivity index (χ1n) is 9.66. The second kappa shape index (κ2) is 9.60. The first-order chi connectivity index (χ1) is 13.5. The Morgan fingerprint density at radius 2 is 1.82 bits per heavy atom. The van der Waals surface area contributed by atoms with Crippen LogP contribution in [0.3, 0.4) is 0 Å². The molecule has 0 saturated heterocycles. The van der Waals surface area contributed by atoms with Crippen molar-refractivity contribution in [3.8, 4) is 5.75 Å². The number of carbonyl (C=O) groups excluding carboxylic acids is 2. The molecule has 0 aliphatic heterocycles. The minimum atomic E-state index is -0.743. The minimum absolute atomic E-state index is 0.161. The largest absolute Gasteiger partial charge is 0.481 e. The van der Waals surface area contributed by atoms with Crippen molar-refractivity contribution >= 4 is 29.1 Å². The normalized spacial score (nSPS) is 15.5. The Hall–Kier alpha value is -2.53. The molecule has 148 valence electrons. The molecule has 0 radical (unpaired) electrons. The summed E-state index contributed by atoms with van der Waals surface area (Å²) < 4.78 is 5.65. The SMILES string of the molecule is C[C@H](Oc1cccc(Cl)c1)C(=O)Nc1ccccc1C(=O)NC1CCCCC1. The molecule has 3 rings (SSSR count). The van der Waals surface area contributed by atoms with Gasteiger partial charge >= 0.3 is 0 Å². The lowest BCUT2D eigenvalue weighted by atomic mass is 9.95. The highest BCUT2D eigenvalue weighted by molar-refractivity contribution is 6.30. The van der Waals surface area contributed by atoms with Crippen molar-refractivity contribution in [2.45, 2.75) is 51.2 Å². The highest BCUT2D eigenvalue weighted by atomic mass is 35.5. The molecule has 2 aromatic rings. The third-order valence-electron chi connectivity index (χ3n) is 4.85. The molecule has 2 N–H and O–H groups in total. The summed E-state index contributed by atoms with van der Waals surface area (Å²) >= 11 is 5.95. The molecule has 1 aliphatic rings. The number of halogens is 1. The van der Waals surface area contributed by atoms with Gasteiger partial charge in [-0.25, -0.2) is 0 Å². The molecule has 0 heterocycles. The van der Waals surface area contributed by atoms with E-state index in [1.54, 1.807) is 55.5 Å². The van der Waals surface area contributed by atoms with Crippen LogP contribution in [-0.2, 0) is 4.79 Å². The Bertz CT molecular complexity index is 834. The summed E-state index contributed by atoms with van der Waals surface area (Å²) in [6, 6.07) is 14.1. The summed E-state index contributed by atoms with van der Waals surface area (Å²) in [5, 5.41) is 6.43. The van der Waals surface area contributed by atoms with E-state index in [9.17, 15) is 9.59 Å². The Balaban J connectivity index is 1.64. The molecular weight excluding hydrogens is 376 g/mol. The van der Waals surface area contributed by atoms with E-state index in [1.165, 1.54) is 6.42 Å². The van der Waals surface area contributed by atoms with Gasteiger partial charge in [-0.1, -0.05) is 49.1 Å². The number of hydrogen-bond donors (Lipinski definition) is 2. The molecule has 1 atom stereocenters. The summed E-state index contributed by atoms with van der Waals surface area (Å²) in [5.74, 6) is 0.0163. The van der Waals surface area contributed by atoms with Crippen LogP contribution in [0.4, 0.5) is 5.69 Å². The van der Waals surface area contributed by atoms with Crippen LogP contribution in [0.1, 0.15) is 49.4 Å². The molecule has 28 heavy (non-hydrogen) atoms. The van der Waals surface area contributed by atoms with E-state index in [0.29, 0.717) is 22.0 Å². The second-order valence-electron chi connectivity index (χ2n) is 7.06. The van der Waals surface area contributed by atoms with Crippen LogP contribution < -0.4 is 15.4 Å². The van der Waals surface area contributed by atoms with E-state index in [-0.39, 0.29) is 17.9 Å². The molecule has 1 aliphatic carbocycles. The molecule has 0 bridgehead atoms. The van der Waals surface area contributed by atoms with Gasteiger partial charge in [-0.3, -0.25) is 9.59 Å². The van der Waals surface area contributed by atoms with Gasteiger partial charge in [-0.15, -0.1) is 0 Å². The Labute approximate surface area is 170 Å². The fourth-order valence-electron chi connectivity index (χ4n) is 3.33. The Morgan fingerprint density at radius 1 is 1.07 bits per heavy atom. The monoisotopic (exact) mass is 400 g/mol. The van der Waals surface area contributed by atoms with Crippen LogP contribution in [0.2, 0.25) is 5.02 Å². The van der Waals surface area contributed by atoms with Crippen molar-refractivity contribution in [1.82, 2.24) is 5.32 Å². The van der Waals surface area contributed by atoms with E-state index in [0.717, 1.165) is 25.7 Å². The number of hydrogen-bond acceptors (Lipinski definition) is 3. The zero-order valence-corrected chi connectivity index (χ0v) is 16.7. The zero-order valence-electron chi connectivity index (χ0n) is 15.9. The molecule has 1 fully saturated rings. The van der Waals surface area contributed by atoms with Gasteiger partial charge in [0.25, 0.3) is 11.8 Å². The summed E-state index contributed by atoms with van der Waals surface area (Å²) in [6.07, 6.45) is 4.77. The first-order valence-corrected chi connectivity index (χ1v) is 10.0. The summed E-state index contributed by atoms with van der Waals surface area (Å²) in [6.45, 7) is 1.65. The standard InChI is InChI=1S/C22H25ClN2O3/c1-15(28-18-11-7-8-16(23)14-18)21(26)25-20-13-6-5-12-19(20)22(27)24-17-9-3-2-4-10-17/h5-8,11-15,17H,2-4,9-10H2,1H3,(H,24,27)(H,25,26)/t15-/m0/s1. The lowest BCUT2D eigenvalue weighted by Crippen LogP contribution is -2.37. The molecular formula is C22H25ClN2O3. The fraction of sp³-hybridized carbons (Fsp3) is 0.364. The number of benzene rings is 2. The van der Waals surface area contributed by atoms with Crippen molar-refractivity contribution in [2.75, 3.05) is 5.32 Å². The van der Waals surface area contributed by atoms with Gasteiger partial charge in [0.1, 0.15) is 5.75 Å². The molecule has 0 aromatic heterocycles. The second-order valence-corrected chi connectivity index (χ2v) is 7.50. The van der Waals surface area contributed by atoms with E-state index in [1.807, 2.05) is 0 Å². The number of amides is 2. The molecule has 2 amide bonds. The van der Waals surface area contributed by atoms with Gasteiger partial charge in [0.05, 0.1) is 11.3 Å². The van der Waals surface area contributed by atoms with E-state index in [4.69, 9.17) is 16.3 Å². The smallest absolute Gasteiger partial charge is 0.265 e. The van der Waals surface area contributed by atoms with Gasteiger partial charge in [-0.2, -0.15) is 0 Å². The summed E-state index contributed by atoms with van der Waals surface area (Å²) in [5.41, 5.74) is 0.929. The van der Waals surface area contributed by atoms with Gasteiger partial charge in [0.15, 0.2) is 6.10 Å². The highest BCUT2D eigenvalue weighted by Gasteiger charge is 2.21. The first kappa shape index (κ1) is 20.2. The average molecular weight is 401 g/mol. The average Bonchev–Trinajstić information content (AvgIpc) is 2.69. The summed E-state index contributed by atoms with van der Waals surface area (Å²) in [7, 11) is 0. The molecule has 6 heteroatoms. The number of para-hydroxylation sites is 1. The number of nitrogens with one attached hydrogen (secondary N) is 2. The van der Waals surface area contributed by atoms with Crippen LogP contribution in [0, 0.1) is 0 Å². The van der Waals surface area contributed by atoms with Gasteiger partial charge in [0, 0.05) is 11.1 Å². The van der Waals surface area contributed by atoms with Crippen LogP contribution >= 0.6 is 11.6 Å². The zero-order chi connectivity index (χ0) is 19.9. The minimum Gasteiger partial charge on any atom is -0.481 e. The van der Waals surface area contributed by atoms with Crippen LogP contribution in [0.5, 0.6) is 5.75 Å². The maximum absolute atomic E-state index is 12.7. The van der Waals surface area contributed by atoms with Crippen molar-refractivity contribution in [1.29, 1.82) is 0 Å². The number of ether oxygens (including phenoxy) is 1. The molecule has 0 unspecified atom stereocenters. The predicted octanol–water partition coefficient (Wildman–Crippen LogP) is 4.81. The maximum Gasteiger partial charge on any atom is 0.265 e. The predicted molar refractivity (Wildman–Crippen MR) is 111 cm³/mol. The van der Waals surface area contributed by atoms with Crippen LogP contribution in [0.25, 0.3) is 0 Å². The Kier molecular flexibility index (Phi) is 6.93. The Morgan fingerprint density at radius 3 is 2.57 bits per heavy atom. The topological polar surface area (TPSA) is 67.4 Å². The van der Waals surface area contributed by atoms with Crippen LogP contribution in [-0.4, -0.2) is 24.0 Å². The van der Waals surface area contributed by atoms with Crippen molar-refractivity contribution < 1.29 is 14.3 Å². The van der Waals surface area contributed by atoms with E-state index in [2.05, 4.69) is 10.6 Å². The van der Waals surface area contributed by atoms with Gasteiger partial charge in [0.2, 0.25) is 0 Å². The number of carbonyl (C=O) groups is 2. The van der Waals surface area contributed by atoms with Crippen LogP contribution in [0.15, 0.2) is 48.5 Å². The number of rotatable bonds is 6. The lowest BCUT2D eigenvalue weighted by Gasteiger charge is -2.23. The molecule has 1 saturated carbocycles. The van der Waals surface area contributed by atoms with E-state index >= 15 is 0 Å². The maximum atomic E-state index is 12.7. The van der Waals surface area contributed by atoms with E-state index < -0.39 is 6.10 Å². The third-order valence-corrected chi connectivity index (χ3v) is 5.08. The van der Waals surface area contributed by atoms with Gasteiger partial charge < -0.3 is 15.4 Å². The summed E-state index contributed by atoms with van der Waals surface area (Å²) in [4.78, 5) is 25.3. The molecule has 5 nitrogen and oxygen atoms in total. The van der Waals surface area contributed by atoms with Crippen molar-refractivity contribution in [3.63, 3.8) is 0 Å². The van der Waals surface area contributed by atoms with Crippen molar-refractivity contribution in [2.24, 2.45) is 0 Å². The fourth-order valence-corrected chi connectivity index (χ4v) is 3.51. The highest BCUT2D eigenvalue weighted by Crippen LogP contribution is 2.21. The quantitative estimate of drug-likeness (QED) is 0.731. The third kappa shape index (κ3) is 5.49.